The summed E-state index contributed by atoms with van der Waals surface area (Å²) in [5.41, 5.74) is 11.1. The van der Waals surface area contributed by atoms with Crippen LogP contribution >= 0.6 is 11.3 Å². The topological polar surface area (TPSA) is 76.8 Å². The van der Waals surface area contributed by atoms with Gasteiger partial charge in [0.25, 0.3) is 6.01 Å². The molecule has 0 radical (unpaired) electrons. The van der Waals surface area contributed by atoms with Crippen LogP contribution in [-0.2, 0) is 6.42 Å². The molecule has 0 saturated carbocycles. The first-order valence-electron chi connectivity index (χ1n) is 5.99. The minimum absolute atomic E-state index is 0.530. The Morgan fingerprint density at radius 1 is 1.42 bits per heavy atom. The number of thiazole rings is 1. The number of imidazole rings is 1. The van der Waals surface area contributed by atoms with Gasteiger partial charge in [0.1, 0.15) is 0 Å². The van der Waals surface area contributed by atoms with E-state index in [0.29, 0.717) is 18.3 Å². The maximum atomic E-state index is 5.72. The number of nitrogens with zero attached hydrogens (tertiary/aromatic N) is 2. The first kappa shape index (κ1) is 12.0. The molecule has 0 aliphatic heterocycles. The number of benzene rings is 1. The highest BCUT2D eigenvalue weighted by molar-refractivity contribution is 7.09. The number of hydrogen-bond donors (Lipinski definition) is 2. The maximum absolute atomic E-state index is 5.72. The number of fused-ring (bicyclic) bond motifs is 1. The van der Waals surface area contributed by atoms with E-state index in [2.05, 4.69) is 15.0 Å². The van der Waals surface area contributed by atoms with E-state index in [1.807, 2.05) is 30.6 Å². The molecule has 2 heterocycles. The number of ether oxygens (including phenoxy) is 1. The van der Waals surface area contributed by atoms with Crippen molar-refractivity contribution in [1.82, 2.24) is 15.0 Å². The number of aromatic nitrogens is 3. The summed E-state index contributed by atoms with van der Waals surface area (Å²) in [4.78, 5) is 12.9. The molecule has 0 spiro atoms. The molecule has 6 heteroatoms. The van der Waals surface area contributed by atoms with Crippen molar-refractivity contribution < 1.29 is 4.74 Å². The largest absolute Gasteiger partial charge is 0.464 e. The van der Waals surface area contributed by atoms with Crippen molar-refractivity contribution in [1.29, 1.82) is 0 Å². The molecule has 3 N–H and O–H groups in total. The normalized spacial score (nSPS) is 11.0. The van der Waals surface area contributed by atoms with E-state index in [-0.39, 0.29) is 0 Å². The molecule has 0 saturated heterocycles. The van der Waals surface area contributed by atoms with E-state index in [4.69, 9.17) is 10.5 Å². The van der Waals surface area contributed by atoms with Crippen LogP contribution in [-0.4, -0.2) is 21.6 Å². The smallest absolute Gasteiger partial charge is 0.294 e. The van der Waals surface area contributed by atoms with Gasteiger partial charge in [0.2, 0.25) is 0 Å². The van der Waals surface area contributed by atoms with Crippen molar-refractivity contribution in [3.63, 3.8) is 0 Å². The van der Waals surface area contributed by atoms with E-state index >= 15 is 0 Å². The fraction of sp³-hybridized carbons (Fsp3) is 0.231. The Kier molecular flexibility index (Phi) is 3.08. The van der Waals surface area contributed by atoms with Crippen LogP contribution in [0, 0.1) is 6.92 Å². The standard InChI is InChI=1S/C13H14N4OS/c1-8-12(19-7-15-8)4-5-18-13-16-10-3-2-9(14)6-11(10)17-13/h2-3,6-7H,4-5,14H2,1H3,(H,16,17). The number of nitrogens with two attached hydrogens (primary N) is 1. The van der Waals surface area contributed by atoms with E-state index in [1.54, 1.807) is 11.3 Å². The molecule has 3 aromatic rings. The van der Waals surface area contributed by atoms with E-state index < -0.39 is 0 Å². The third kappa shape index (κ3) is 2.53. The van der Waals surface area contributed by atoms with Crippen molar-refractivity contribution >= 4 is 28.1 Å². The number of anilines is 1. The monoisotopic (exact) mass is 274 g/mol. The second kappa shape index (κ2) is 4.89. The van der Waals surface area contributed by atoms with Crippen molar-refractivity contribution in [3.8, 4) is 6.01 Å². The van der Waals surface area contributed by atoms with Gasteiger partial charge in [0.05, 0.1) is 28.8 Å². The molecule has 0 aliphatic carbocycles. The zero-order valence-electron chi connectivity index (χ0n) is 10.5. The molecule has 98 valence electrons. The van der Waals surface area contributed by atoms with Crippen LogP contribution < -0.4 is 10.5 Å². The van der Waals surface area contributed by atoms with E-state index in [1.165, 1.54) is 4.88 Å². The molecule has 5 nitrogen and oxygen atoms in total. The molecular formula is C13H14N4OS. The van der Waals surface area contributed by atoms with Crippen LogP contribution in [0.2, 0.25) is 0 Å². The highest BCUT2D eigenvalue weighted by atomic mass is 32.1. The fourth-order valence-electron chi connectivity index (χ4n) is 1.88. The second-order valence-electron chi connectivity index (χ2n) is 4.28. The summed E-state index contributed by atoms with van der Waals surface area (Å²) in [5, 5.41) is 0. The minimum atomic E-state index is 0.530. The number of rotatable bonds is 4. The first-order valence-corrected chi connectivity index (χ1v) is 6.87. The third-order valence-corrected chi connectivity index (χ3v) is 3.89. The van der Waals surface area contributed by atoms with Crippen LogP contribution in [0.3, 0.4) is 0 Å². The molecule has 0 unspecified atom stereocenters. The van der Waals surface area contributed by atoms with Gasteiger partial charge in [-0.3, -0.25) is 0 Å². The summed E-state index contributed by atoms with van der Waals surface area (Å²) in [7, 11) is 0. The zero-order chi connectivity index (χ0) is 13.2. The lowest BCUT2D eigenvalue weighted by Crippen LogP contribution is -2.02. The molecule has 0 aliphatic rings. The Labute approximate surface area is 114 Å². The van der Waals surface area contributed by atoms with Gasteiger partial charge in [0, 0.05) is 17.0 Å². The quantitative estimate of drug-likeness (QED) is 0.717. The van der Waals surface area contributed by atoms with Gasteiger partial charge in [0.15, 0.2) is 0 Å². The molecule has 3 rings (SSSR count). The van der Waals surface area contributed by atoms with Crippen LogP contribution in [0.25, 0.3) is 11.0 Å². The Hall–Kier alpha value is -2.08. The van der Waals surface area contributed by atoms with Gasteiger partial charge in [-0.15, -0.1) is 11.3 Å². The summed E-state index contributed by atoms with van der Waals surface area (Å²) >= 11 is 1.65. The number of nitrogen functional groups attached to an aromatic ring is 1. The number of hydrogen-bond acceptors (Lipinski definition) is 5. The number of aryl methyl sites for hydroxylation is 1. The molecular weight excluding hydrogens is 260 g/mol. The lowest BCUT2D eigenvalue weighted by Gasteiger charge is -2.00. The van der Waals surface area contributed by atoms with Crippen LogP contribution in [0.15, 0.2) is 23.7 Å². The molecule has 0 fully saturated rings. The summed E-state index contributed by atoms with van der Waals surface area (Å²) in [6.45, 7) is 2.59. The highest BCUT2D eigenvalue weighted by Gasteiger charge is 2.05. The lowest BCUT2D eigenvalue weighted by molar-refractivity contribution is 0.301. The summed E-state index contributed by atoms with van der Waals surface area (Å²) in [6.07, 6.45) is 0.843. The second-order valence-corrected chi connectivity index (χ2v) is 5.22. The summed E-state index contributed by atoms with van der Waals surface area (Å²) < 4.78 is 5.63. The first-order chi connectivity index (χ1) is 9.22. The molecule has 1 aromatic carbocycles. The average molecular weight is 274 g/mol. The van der Waals surface area contributed by atoms with E-state index in [0.717, 1.165) is 23.1 Å². The summed E-state index contributed by atoms with van der Waals surface area (Å²) in [5.74, 6) is 0. The van der Waals surface area contributed by atoms with Gasteiger partial charge < -0.3 is 15.5 Å². The third-order valence-electron chi connectivity index (χ3n) is 2.90. The van der Waals surface area contributed by atoms with Crippen LogP contribution in [0.4, 0.5) is 5.69 Å². The number of aromatic amines is 1. The lowest BCUT2D eigenvalue weighted by atomic mass is 10.3. The van der Waals surface area contributed by atoms with Gasteiger partial charge in [-0.05, 0) is 25.1 Å². The van der Waals surface area contributed by atoms with Crippen molar-refractivity contribution in [3.05, 3.63) is 34.3 Å². The molecule has 0 amide bonds. The van der Waals surface area contributed by atoms with Crippen molar-refractivity contribution in [2.45, 2.75) is 13.3 Å². The molecule has 2 aromatic heterocycles. The minimum Gasteiger partial charge on any atom is -0.464 e. The molecule has 0 atom stereocenters. The number of H-pyrrole nitrogens is 1. The van der Waals surface area contributed by atoms with Gasteiger partial charge in [-0.2, -0.15) is 4.98 Å². The number of nitrogens with one attached hydrogen (secondary N) is 1. The van der Waals surface area contributed by atoms with Gasteiger partial charge >= 0.3 is 0 Å². The van der Waals surface area contributed by atoms with Crippen molar-refractivity contribution in [2.75, 3.05) is 12.3 Å². The average Bonchev–Trinajstić information content (AvgIpc) is 2.95. The predicted molar refractivity (Wildman–Crippen MR) is 76.6 cm³/mol. The Morgan fingerprint density at radius 2 is 2.32 bits per heavy atom. The Balaban J connectivity index is 1.67. The maximum Gasteiger partial charge on any atom is 0.294 e. The van der Waals surface area contributed by atoms with Gasteiger partial charge in [-0.25, -0.2) is 4.98 Å². The Morgan fingerprint density at radius 3 is 3.11 bits per heavy atom. The van der Waals surface area contributed by atoms with Crippen LogP contribution in [0.5, 0.6) is 6.01 Å². The fourth-order valence-corrected chi connectivity index (χ4v) is 2.64. The van der Waals surface area contributed by atoms with Gasteiger partial charge in [-0.1, -0.05) is 0 Å². The molecule has 19 heavy (non-hydrogen) atoms. The van der Waals surface area contributed by atoms with E-state index in [9.17, 15) is 0 Å². The predicted octanol–water partition coefficient (Wildman–Crippen LogP) is 2.53. The Bertz CT molecular complexity index is 704. The zero-order valence-corrected chi connectivity index (χ0v) is 11.3. The highest BCUT2D eigenvalue weighted by Crippen LogP contribution is 2.19. The summed E-state index contributed by atoms with van der Waals surface area (Å²) in [6, 6.07) is 6.08. The SMILES string of the molecule is Cc1ncsc1CCOc1nc2ccc(N)cc2[nH]1. The van der Waals surface area contributed by atoms with Crippen molar-refractivity contribution in [2.24, 2.45) is 0 Å². The molecule has 0 bridgehead atoms. The van der Waals surface area contributed by atoms with Crippen LogP contribution in [0.1, 0.15) is 10.6 Å².